The average Bonchev–Trinajstić information content (AvgIpc) is 2.51. The molecule has 0 unspecified atom stereocenters. The zero-order valence-electron chi connectivity index (χ0n) is 11.8. The van der Waals surface area contributed by atoms with Gasteiger partial charge in [-0.1, -0.05) is 29.8 Å². The van der Waals surface area contributed by atoms with Crippen molar-refractivity contribution in [3.05, 3.63) is 59.6 Å². The monoisotopic (exact) mass is 340 g/mol. The van der Waals surface area contributed by atoms with Gasteiger partial charge >= 0.3 is 13.3 Å². The smallest absolute Gasteiger partial charge is 0.417 e. The molecule has 0 N–H and O–H groups in total. The predicted molar refractivity (Wildman–Crippen MR) is 83.8 cm³/mol. The van der Waals surface area contributed by atoms with Crippen LogP contribution in [0, 0.1) is 0 Å². The molecular weight excluding hydrogens is 327 g/mol. The zero-order chi connectivity index (χ0) is 16.0. The summed E-state index contributed by atoms with van der Waals surface area (Å²) < 4.78 is 27.9. The molecule has 0 aliphatic carbocycles. The van der Waals surface area contributed by atoms with Crippen LogP contribution in [-0.4, -0.2) is 12.3 Å². The summed E-state index contributed by atoms with van der Waals surface area (Å²) in [5, 5.41) is 0.491. The summed E-state index contributed by atoms with van der Waals surface area (Å²) in [5.41, 5.74) is -1.07. The Morgan fingerprint density at radius 2 is 1.68 bits per heavy atom. The van der Waals surface area contributed by atoms with Gasteiger partial charge in [0, 0.05) is 5.02 Å². The molecule has 0 heterocycles. The minimum atomic E-state index is -4.12. The minimum Gasteiger partial charge on any atom is -0.417 e. The van der Waals surface area contributed by atoms with Crippen molar-refractivity contribution in [3.8, 4) is 11.5 Å². The molecule has 1 atom stereocenters. The van der Waals surface area contributed by atoms with Crippen molar-refractivity contribution in [1.82, 2.24) is 0 Å². The molecular formula is C15H14ClO5P. The molecule has 7 heteroatoms. The third kappa shape index (κ3) is 4.34. The van der Waals surface area contributed by atoms with Crippen LogP contribution in [0.25, 0.3) is 0 Å². The van der Waals surface area contributed by atoms with E-state index in [1.54, 1.807) is 49.4 Å². The van der Waals surface area contributed by atoms with Crippen LogP contribution >= 0.6 is 19.2 Å². The first kappa shape index (κ1) is 16.6. The SMILES string of the molecule is CCO[P@](=O)(Oc1ccc(Cl)cc1)C(=O)Oc1ccccc1. The van der Waals surface area contributed by atoms with Gasteiger partial charge in [0.25, 0.3) is 0 Å². The highest BCUT2D eigenvalue weighted by atomic mass is 35.5. The quantitative estimate of drug-likeness (QED) is 0.681. The second-order valence-electron chi connectivity index (χ2n) is 4.14. The first-order valence-electron chi connectivity index (χ1n) is 6.50. The molecule has 2 aromatic rings. The van der Waals surface area contributed by atoms with Crippen LogP contribution < -0.4 is 9.26 Å². The summed E-state index contributed by atoms with van der Waals surface area (Å²) in [4.78, 5) is 12.1. The zero-order valence-corrected chi connectivity index (χ0v) is 13.4. The number of carbonyl (C=O) groups excluding carboxylic acids is 1. The van der Waals surface area contributed by atoms with Crippen molar-refractivity contribution < 1.29 is 23.1 Å². The largest absolute Gasteiger partial charge is 0.488 e. The van der Waals surface area contributed by atoms with Gasteiger partial charge in [-0.2, -0.15) is 0 Å². The molecule has 5 nitrogen and oxygen atoms in total. The van der Waals surface area contributed by atoms with Crippen molar-refractivity contribution in [1.29, 1.82) is 0 Å². The standard InChI is InChI=1S/C15H14ClO5P/c1-2-19-22(18,21-14-10-8-12(16)9-11-14)15(17)20-13-6-4-3-5-7-13/h3-11H,2H2,1H3/t22-/m0/s1. The second kappa shape index (κ2) is 7.45. The number of carbonyl (C=O) groups is 1. The van der Waals surface area contributed by atoms with Crippen molar-refractivity contribution in [2.24, 2.45) is 0 Å². The van der Waals surface area contributed by atoms with E-state index in [0.29, 0.717) is 5.02 Å². The Bertz CT molecular complexity index is 672. The Morgan fingerprint density at radius 1 is 1.05 bits per heavy atom. The molecule has 0 fully saturated rings. The van der Waals surface area contributed by atoms with Gasteiger partial charge in [-0.15, -0.1) is 0 Å². The Hall–Kier alpha value is -1.81. The highest BCUT2D eigenvalue weighted by Gasteiger charge is 2.39. The number of halogens is 1. The lowest BCUT2D eigenvalue weighted by Gasteiger charge is -2.17. The van der Waals surface area contributed by atoms with Crippen molar-refractivity contribution in [2.75, 3.05) is 6.61 Å². The van der Waals surface area contributed by atoms with E-state index < -0.39 is 13.3 Å². The topological polar surface area (TPSA) is 61.8 Å². The fraction of sp³-hybridized carbons (Fsp3) is 0.133. The highest BCUT2D eigenvalue weighted by Crippen LogP contribution is 2.50. The maximum absolute atomic E-state index is 12.6. The Labute approximate surface area is 133 Å². The Balaban J connectivity index is 2.17. The van der Waals surface area contributed by atoms with E-state index in [1.165, 1.54) is 12.1 Å². The van der Waals surface area contributed by atoms with Gasteiger partial charge in [0.1, 0.15) is 11.5 Å². The fourth-order valence-electron chi connectivity index (χ4n) is 1.57. The van der Waals surface area contributed by atoms with Crippen LogP contribution in [0.2, 0.25) is 5.02 Å². The molecule has 116 valence electrons. The Morgan fingerprint density at radius 3 is 2.27 bits per heavy atom. The van der Waals surface area contributed by atoms with Crippen molar-refractivity contribution in [3.63, 3.8) is 0 Å². The average molecular weight is 341 g/mol. The maximum atomic E-state index is 12.6. The summed E-state index contributed by atoms with van der Waals surface area (Å²) in [6, 6.07) is 14.4. The Kier molecular flexibility index (Phi) is 5.61. The van der Waals surface area contributed by atoms with Gasteiger partial charge in [-0.25, -0.2) is 9.36 Å². The lowest BCUT2D eigenvalue weighted by molar-refractivity contribution is 0.205. The number of benzene rings is 2. The molecule has 0 spiro atoms. The van der Waals surface area contributed by atoms with E-state index >= 15 is 0 Å². The van der Waals surface area contributed by atoms with E-state index in [2.05, 4.69) is 0 Å². The molecule has 0 amide bonds. The van der Waals surface area contributed by atoms with E-state index in [0.717, 1.165) is 0 Å². The van der Waals surface area contributed by atoms with Gasteiger partial charge in [-0.3, -0.25) is 4.52 Å². The van der Waals surface area contributed by atoms with E-state index in [9.17, 15) is 9.36 Å². The second-order valence-corrected chi connectivity index (χ2v) is 6.38. The van der Waals surface area contributed by atoms with Crippen LogP contribution in [0.15, 0.2) is 54.6 Å². The molecule has 0 saturated carbocycles. The van der Waals surface area contributed by atoms with E-state index in [4.69, 9.17) is 25.4 Å². The van der Waals surface area contributed by atoms with E-state index in [-0.39, 0.29) is 18.1 Å². The van der Waals surface area contributed by atoms with E-state index in [1.807, 2.05) is 0 Å². The van der Waals surface area contributed by atoms with Gasteiger partial charge in [0.15, 0.2) is 0 Å². The van der Waals surface area contributed by atoms with Crippen LogP contribution in [-0.2, 0) is 9.09 Å². The lowest BCUT2D eigenvalue weighted by atomic mass is 10.3. The summed E-state index contributed by atoms with van der Waals surface area (Å²) >= 11 is 5.77. The minimum absolute atomic E-state index is 0.0365. The third-order valence-electron chi connectivity index (χ3n) is 2.51. The molecule has 2 rings (SSSR count). The summed E-state index contributed by atoms with van der Waals surface area (Å²) in [7, 11) is -4.12. The molecule has 22 heavy (non-hydrogen) atoms. The van der Waals surface area contributed by atoms with Gasteiger partial charge in [0.05, 0.1) is 6.61 Å². The lowest BCUT2D eigenvalue weighted by Crippen LogP contribution is -2.13. The van der Waals surface area contributed by atoms with Gasteiger partial charge in [-0.05, 0) is 43.3 Å². The van der Waals surface area contributed by atoms with Gasteiger partial charge < -0.3 is 9.26 Å². The normalized spacial score (nSPS) is 13.2. The van der Waals surface area contributed by atoms with Crippen molar-refractivity contribution in [2.45, 2.75) is 6.92 Å². The van der Waals surface area contributed by atoms with Crippen LogP contribution in [0.3, 0.4) is 0 Å². The number of hydrogen-bond donors (Lipinski definition) is 0. The van der Waals surface area contributed by atoms with Gasteiger partial charge in [0.2, 0.25) is 0 Å². The fourth-order valence-corrected chi connectivity index (χ4v) is 2.88. The number of ether oxygens (including phenoxy) is 1. The maximum Gasteiger partial charge on any atom is 0.488 e. The van der Waals surface area contributed by atoms with Crippen molar-refractivity contribution >= 4 is 24.9 Å². The molecule has 0 aliphatic rings. The highest BCUT2D eigenvalue weighted by molar-refractivity contribution is 7.71. The first-order valence-corrected chi connectivity index (χ1v) is 8.43. The molecule has 0 aromatic heterocycles. The van der Waals surface area contributed by atoms with Crippen LogP contribution in [0.4, 0.5) is 4.79 Å². The molecule has 0 saturated heterocycles. The summed E-state index contributed by atoms with van der Waals surface area (Å²) in [5.74, 6) is 0.457. The molecule has 0 aliphatic heterocycles. The third-order valence-corrected chi connectivity index (χ3v) is 4.35. The summed E-state index contributed by atoms with van der Waals surface area (Å²) in [6.45, 7) is 1.64. The summed E-state index contributed by atoms with van der Waals surface area (Å²) in [6.07, 6.45) is 0. The number of hydrogen-bond acceptors (Lipinski definition) is 5. The predicted octanol–water partition coefficient (Wildman–Crippen LogP) is 5.15. The number of rotatable bonds is 6. The molecule has 0 bridgehead atoms. The van der Waals surface area contributed by atoms with Crippen LogP contribution in [0.5, 0.6) is 11.5 Å². The first-order chi connectivity index (χ1) is 10.5. The number of para-hydroxylation sites is 1. The molecule has 2 aromatic carbocycles. The van der Waals surface area contributed by atoms with Crippen LogP contribution in [0.1, 0.15) is 6.92 Å². The molecule has 0 radical (unpaired) electrons.